The Morgan fingerprint density at radius 2 is 1.92 bits per heavy atom. The Hall–Kier alpha value is -1.24. The van der Waals surface area contributed by atoms with Gasteiger partial charge in [0.2, 0.25) is 0 Å². The van der Waals surface area contributed by atoms with Gasteiger partial charge in [0, 0.05) is 20.2 Å². The van der Waals surface area contributed by atoms with Crippen molar-refractivity contribution in [2.24, 2.45) is 0 Å². The van der Waals surface area contributed by atoms with Crippen LogP contribution in [0.3, 0.4) is 0 Å². The van der Waals surface area contributed by atoms with Crippen LogP contribution < -0.4 is 5.32 Å². The molecule has 0 aromatic heterocycles. The maximum atomic E-state index is 14.4. The lowest BCUT2D eigenvalue weighted by Gasteiger charge is -2.24. The molecule has 1 atom stereocenters. The van der Waals surface area contributed by atoms with Gasteiger partial charge in [-0.1, -0.05) is 0 Å². The van der Waals surface area contributed by atoms with Gasteiger partial charge in [-0.2, -0.15) is 0 Å². The third-order valence-corrected chi connectivity index (χ3v) is 4.86. The molecule has 1 N–H and O–H groups in total. The maximum absolute atomic E-state index is 14.4. The van der Waals surface area contributed by atoms with Crippen LogP contribution in [0.4, 0.5) is 8.78 Å². The predicted molar refractivity (Wildman–Crippen MR) is 89.8 cm³/mol. The number of methoxy groups -OCH3 is 1. The van der Waals surface area contributed by atoms with Crippen molar-refractivity contribution in [3.63, 3.8) is 0 Å². The first-order valence-electron chi connectivity index (χ1n) is 8.12. The fraction of sp³-hybridized carbons (Fsp3) is 0.588. The zero-order chi connectivity index (χ0) is 16.4. The molecule has 1 aromatic carbocycles. The lowest BCUT2D eigenvalue weighted by atomic mass is 9.89. The smallest absolute Gasteiger partial charge is 0.257 e. The minimum atomic E-state index is -0.634. The van der Waals surface area contributed by atoms with Crippen molar-refractivity contribution in [3.8, 4) is 0 Å². The van der Waals surface area contributed by atoms with E-state index in [0.717, 1.165) is 38.4 Å². The number of halogens is 3. The van der Waals surface area contributed by atoms with Crippen LogP contribution in [0.2, 0.25) is 0 Å². The normalized spacial score (nSPS) is 21.6. The summed E-state index contributed by atoms with van der Waals surface area (Å²) < 4.78 is 34.0. The first-order chi connectivity index (χ1) is 11.1. The van der Waals surface area contributed by atoms with Gasteiger partial charge in [-0.25, -0.2) is 8.78 Å². The number of hydrogen-bond donors (Lipinski definition) is 1. The first kappa shape index (κ1) is 19.1. The van der Waals surface area contributed by atoms with E-state index >= 15 is 0 Å². The minimum Gasteiger partial charge on any atom is -0.380 e. The fourth-order valence-electron chi connectivity index (χ4n) is 3.45. The molecule has 4 nitrogen and oxygen atoms in total. The maximum Gasteiger partial charge on any atom is 0.257 e. The number of carbonyl (C=O) groups is 1. The topological polar surface area (TPSA) is 41.6 Å². The lowest BCUT2D eigenvalue weighted by Crippen LogP contribution is -2.31. The van der Waals surface area contributed by atoms with E-state index in [0.29, 0.717) is 18.7 Å². The molecule has 24 heavy (non-hydrogen) atoms. The van der Waals surface area contributed by atoms with Crippen molar-refractivity contribution in [2.45, 2.75) is 31.3 Å². The highest BCUT2D eigenvalue weighted by atomic mass is 35.5. The molecule has 0 aliphatic carbocycles. The number of nitrogens with zero attached hydrogens (tertiary/aromatic N) is 1. The van der Waals surface area contributed by atoms with Crippen LogP contribution in [-0.4, -0.2) is 50.2 Å². The summed E-state index contributed by atoms with van der Waals surface area (Å²) in [7, 11) is 1.59. The van der Waals surface area contributed by atoms with Gasteiger partial charge in [-0.15, -0.1) is 12.4 Å². The molecule has 2 fully saturated rings. The second kappa shape index (κ2) is 8.23. The van der Waals surface area contributed by atoms with Crippen LogP contribution in [0.5, 0.6) is 0 Å². The number of nitrogens with one attached hydrogen (secondary N) is 1. The summed E-state index contributed by atoms with van der Waals surface area (Å²) in [4.78, 5) is 13.9. The molecule has 2 aliphatic heterocycles. The average Bonchev–Trinajstić information content (AvgIpc) is 3.06. The van der Waals surface area contributed by atoms with Crippen molar-refractivity contribution < 1.29 is 18.3 Å². The number of ether oxygens (including phenoxy) is 1. The fourth-order valence-corrected chi connectivity index (χ4v) is 3.45. The van der Waals surface area contributed by atoms with E-state index < -0.39 is 17.5 Å². The monoisotopic (exact) mass is 360 g/mol. The van der Waals surface area contributed by atoms with Crippen LogP contribution in [-0.2, 0) is 4.74 Å². The van der Waals surface area contributed by atoms with Gasteiger partial charge < -0.3 is 15.0 Å². The van der Waals surface area contributed by atoms with Gasteiger partial charge in [-0.05, 0) is 56.0 Å². The molecule has 0 unspecified atom stereocenters. The molecule has 0 spiro atoms. The molecule has 1 amide bonds. The van der Waals surface area contributed by atoms with E-state index in [-0.39, 0.29) is 30.0 Å². The van der Waals surface area contributed by atoms with Crippen molar-refractivity contribution in [2.75, 3.05) is 33.3 Å². The SMILES string of the molecule is CO[C@@H]1CCN(C(=O)c2cc(F)c(C3CCNCC3)cc2F)C1.Cl. The zero-order valence-electron chi connectivity index (χ0n) is 13.7. The number of hydrogen-bond acceptors (Lipinski definition) is 3. The Labute approximate surface area is 147 Å². The Morgan fingerprint density at radius 1 is 1.21 bits per heavy atom. The summed E-state index contributed by atoms with van der Waals surface area (Å²) in [5.41, 5.74) is 0.202. The number of rotatable bonds is 3. The highest BCUT2D eigenvalue weighted by molar-refractivity contribution is 5.94. The quantitative estimate of drug-likeness (QED) is 0.901. The summed E-state index contributed by atoms with van der Waals surface area (Å²) in [5, 5.41) is 3.21. The molecule has 2 aliphatic rings. The van der Waals surface area contributed by atoms with Crippen LogP contribution in [0.25, 0.3) is 0 Å². The predicted octanol–water partition coefficient (Wildman–Crippen LogP) is 2.71. The molecular weight excluding hydrogens is 338 g/mol. The molecule has 0 saturated carbocycles. The Kier molecular flexibility index (Phi) is 6.54. The van der Waals surface area contributed by atoms with E-state index in [1.807, 2.05) is 0 Å². The van der Waals surface area contributed by atoms with Crippen molar-refractivity contribution >= 4 is 18.3 Å². The summed E-state index contributed by atoms with van der Waals surface area (Å²) >= 11 is 0. The van der Waals surface area contributed by atoms with Gasteiger partial charge in [0.25, 0.3) is 5.91 Å². The van der Waals surface area contributed by atoms with Gasteiger partial charge in [0.1, 0.15) is 11.6 Å². The van der Waals surface area contributed by atoms with E-state index in [1.165, 1.54) is 11.0 Å². The number of piperidine rings is 1. The Morgan fingerprint density at radius 3 is 2.54 bits per heavy atom. The lowest BCUT2D eigenvalue weighted by molar-refractivity contribution is 0.0719. The van der Waals surface area contributed by atoms with E-state index in [2.05, 4.69) is 5.32 Å². The number of likely N-dealkylation sites (tertiary alicyclic amines) is 1. The van der Waals surface area contributed by atoms with Gasteiger partial charge in [0.15, 0.2) is 0 Å². The molecule has 0 radical (unpaired) electrons. The minimum absolute atomic E-state index is 0. The summed E-state index contributed by atoms with van der Waals surface area (Å²) in [5.74, 6) is -1.56. The molecule has 7 heteroatoms. The molecule has 2 heterocycles. The third kappa shape index (κ3) is 3.87. The summed E-state index contributed by atoms with van der Waals surface area (Å²) in [6.45, 7) is 2.54. The van der Waals surface area contributed by atoms with Crippen LogP contribution in [0, 0.1) is 11.6 Å². The summed E-state index contributed by atoms with van der Waals surface area (Å²) in [6.07, 6.45) is 2.26. The zero-order valence-corrected chi connectivity index (χ0v) is 14.5. The van der Waals surface area contributed by atoms with Crippen molar-refractivity contribution in [1.82, 2.24) is 10.2 Å². The number of benzene rings is 1. The van der Waals surface area contributed by atoms with E-state index in [9.17, 15) is 13.6 Å². The first-order valence-corrected chi connectivity index (χ1v) is 8.12. The largest absolute Gasteiger partial charge is 0.380 e. The Bertz CT molecular complexity index is 594. The summed E-state index contributed by atoms with van der Waals surface area (Å²) in [6, 6.07) is 2.28. The molecule has 3 rings (SSSR count). The van der Waals surface area contributed by atoms with Crippen LogP contribution in [0.15, 0.2) is 12.1 Å². The Balaban J connectivity index is 0.00000208. The van der Waals surface area contributed by atoms with Gasteiger partial charge in [-0.3, -0.25) is 4.79 Å². The van der Waals surface area contributed by atoms with Gasteiger partial charge in [0.05, 0.1) is 11.7 Å². The number of carbonyl (C=O) groups excluding carboxylic acids is 1. The second-order valence-electron chi connectivity index (χ2n) is 6.28. The highest BCUT2D eigenvalue weighted by Crippen LogP contribution is 2.30. The van der Waals surface area contributed by atoms with Gasteiger partial charge >= 0.3 is 0 Å². The van der Waals surface area contributed by atoms with E-state index in [1.54, 1.807) is 7.11 Å². The highest BCUT2D eigenvalue weighted by Gasteiger charge is 2.30. The standard InChI is InChI=1S/C17H22F2N2O2.ClH/c1-23-12-4-7-21(10-12)17(22)14-9-15(18)13(8-16(14)19)11-2-5-20-6-3-11;/h8-9,11-12,20H,2-7,10H2,1H3;1H/t12-;/m1./s1. The molecule has 2 saturated heterocycles. The van der Waals surface area contributed by atoms with Crippen molar-refractivity contribution in [3.05, 3.63) is 34.9 Å². The third-order valence-electron chi connectivity index (χ3n) is 4.86. The van der Waals surface area contributed by atoms with Crippen molar-refractivity contribution in [1.29, 1.82) is 0 Å². The molecule has 0 bridgehead atoms. The second-order valence-corrected chi connectivity index (χ2v) is 6.28. The molecule has 134 valence electrons. The molecular formula is C17H23ClF2N2O2. The number of amides is 1. The van der Waals surface area contributed by atoms with Crippen LogP contribution >= 0.6 is 12.4 Å². The molecule has 1 aromatic rings. The average molecular weight is 361 g/mol. The van der Waals surface area contributed by atoms with E-state index in [4.69, 9.17) is 4.74 Å². The van der Waals surface area contributed by atoms with Crippen LogP contribution in [0.1, 0.15) is 41.1 Å².